The van der Waals surface area contributed by atoms with Crippen molar-refractivity contribution in [2.24, 2.45) is 5.92 Å². The molecule has 2 amide bonds. The average Bonchev–Trinajstić information content (AvgIpc) is 3.18. The Morgan fingerprint density at radius 2 is 2.00 bits per heavy atom. The zero-order valence-electron chi connectivity index (χ0n) is 12.9. The standard InChI is InChI=1S/C16H26N2O3/c1-12-14(19)17-16(7-2-3-8-16)15(20)18(12)9-4-10-21-11-13-5-6-13/h12-13H,2-11H2,1H3,(H,17,19). The smallest absolute Gasteiger partial charge is 0.248 e. The van der Waals surface area contributed by atoms with Gasteiger partial charge in [-0.15, -0.1) is 0 Å². The summed E-state index contributed by atoms with van der Waals surface area (Å²) in [6.07, 6.45) is 7.04. The first-order valence-corrected chi connectivity index (χ1v) is 8.33. The van der Waals surface area contributed by atoms with Crippen LogP contribution in [0.2, 0.25) is 0 Å². The lowest BCUT2D eigenvalue weighted by molar-refractivity contribution is -0.154. The molecule has 1 unspecified atom stereocenters. The quantitative estimate of drug-likeness (QED) is 0.755. The molecular formula is C16H26N2O3. The van der Waals surface area contributed by atoms with E-state index in [1.54, 1.807) is 4.90 Å². The number of carbonyl (C=O) groups is 2. The molecule has 1 aliphatic heterocycles. The fourth-order valence-electron chi connectivity index (χ4n) is 3.47. The monoisotopic (exact) mass is 294 g/mol. The fourth-order valence-corrected chi connectivity index (χ4v) is 3.47. The van der Waals surface area contributed by atoms with Crippen molar-refractivity contribution in [1.82, 2.24) is 10.2 Å². The molecule has 3 rings (SSSR count). The number of hydrogen-bond donors (Lipinski definition) is 1. The second-order valence-electron chi connectivity index (χ2n) is 6.82. The van der Waals surface area contributed by atoms with Crippen molar-refractivity contribution < 1.29 is 14.3 Å². The van der Waals surface area contributed by atoms with Crippen LogP contribution in [0.25, 0.3) is 0 Å². The number of carbonyl (C=O) groups excluding carboxylic acids is 2. The van der Waals surface area contributed by atoms with Crippen molar-refractivity contribution in [3.8, 4) is 0 Å². The maximum absolute atomic E-state index is 12.8. The van der Waals surface area contributed by atoms with Gasteiger partial charge in [-0.2, -0.15) is 0 Å². The van der Waals surface area contributed by atoms with Gasteiger partial charge in [-0.25, -0.2) is 0 Å². The van der Waals surface area contributed by atoms with E-state index in [1.165, 1.54) is 12.8 Å². The summed E-state index contributed by atoms with van der Waals surface area (Å²) in [6.45, 7) is 3.98. The number of hydrogen-bond acceptors (Lipinski definition) is 3. The molecule has 0 aromatic rings. The van der Waals surface area contributed by atoms with Gasteiger partial charge in [0.25, 0.3) is 0 Å². The number of piperazine rings is 1. The molecular weight excluding hydrogens is 268 g/mol. The molecule has 0 aromatic carbocycles. The van der Waals surface area contributed by atoms with Crippen LogP contribution in [-0.4, -0.2) is 48.1 Å². The van der Waals surface area contributed by atoms with Crippen molar-refractivity contribution in [2.75, 3.05) is 19.8 Å². The summed E-state index contributed by atoms with van der Waals surface area (Å²) in [7, 11) is 0. The molecule has 0 aromatic heterocycles. The Bertz CT molecular complexity index is 414. The first kappa shape index (κ1) is 14.8. The zero-order chi connectivity index (χ0) is 14.9. The van der Waals surface area contributed by atoms with Crippen LogP contribution in [0.15, 0.2) is 0 Å². The molecule has 118 valence electrons. The van der Waals surface area contributed by atoms with Crippen LogP contribution in [0.5, 0.6) is 0 Å². The number of nitrogens with one attached hydrogen (secondary N) is 1. The van der Waals surface area contributed by atoms with Gasteiger partial charge in [-0.1, -0.05) is 12.8 Å². The minimum atomic E-state index is -0.599. The molecule has 0 bridgehead atoms. The number of ether oxygens (including phenoxy) is 1. The number of amides is 2. The molecule has 21 heavy (non-hydrogen) atoms. The van der Waals surface area contributed by atoms with Gasteiger partial charge < -0.3 is 15.0 Å². The molecule has 0 radical (unpaired) electrons. The Kier molecular flexibility index (Phi) is 4.20. The Morgan fingerprint density at radius 3 is 2.67 bits per heavy atom. The summed E-state index contributed by atoms with van der Waals surface area (Å²) in [5.74, 6) is 0.887. The maximum Gasteiger partial charge on any atom is 0.248 e. The maximum atomic E-state index is 12.8. The summed E-state index contributed by atoms with van der Waals surface area (Å²) in [4.78, 5) is 26.7. The van der Waals surface area contributed by atoms with E-state index < -0.39 is 5.54 Å². The van der Waals surface area contributed by atoms with E-state index in [0.29, 0.717) is 13.2 Å². The molecule has 1 saturated heterocycles. The normalized spacial score (nSPS) is 28.2. The van der Waals surface area contributed by atoms with E-state index >= 15 is 0 Å². The summed E-state index contributed by atoms with van der Waals surface area (Å²) in [5.41, 5.74) is -0.599. The lowest BCUT2D eigenvalue weighted by atomic mass is 9.91. The molecule has 5 nitrogen and oxygen atoms in total. The third-order valence-corrected chi connectivity index (χ3v) is 5.07. The molecule has 3 fully saturated rings. The second kappa shape index (κ2) is 5.95. The molecule has 3 aliphatic rings. The molecule has 1 heterocycles. The van der Waals surface area contributed by atoms with Crippen LogP contribution >= 0.6 is 0 Å². The molecule has 2 saturated carbocycles. The highest BCUT2D eigenvalue weighted by Crippen LogP contribution is 2.34. The summed E-state index contributed by atoms with van der Waals surface area (Å²) in [5, 5.41) is 2.98. The topological polar surface area (TPSA) is 58.6 Å². The number of nitrogens with zero attached hydrogens (tertiary/aromatic N) is 1. The van der Waals surface area contributed by atoms with Gasteiger partial charge in [-0.3, -0.25) is 9.59 Å². The van der Waals surface area contributed by atoms with Gasteiger partial charge in [-0.05, 0) is 44.9 Å². The third-order valence-electron chi connectivity index (χ3n) is 5.07. The van der Waals surface area contributed by atoms with Crippen LogP contribution < -0.4 is 5.32 Å². The average molecular weight is 294 g/mol. The lowest BCUT2D eigenvalue weighted by Crippen LogP contribution is -2.68. The van der Waals surface area contributed by atoms with Crippen molar-refractivity contribution >= 4 is 11.8 Å². The predicted molar refractivity (Wildman–Crippen MR) is 78.7 cm³/mol. The first-order chi connectivity index (χ1) is 10.1. The van der Waals surface area contributed by atoms with Crippen LogP contribution in [-0.2, 0) is 14.3 Å². The van der Waals surface area contributed by atoms with Gasteiger partial charge in [0.2, 0.25) is 11.8 Å². The fraction of sp³-hybridized carbons (Fsp3) is 0.875. The largest absolute Gasteiger partial charge is 0.381 e. The molecule has 2 aliphatic carbocycles. The summed E-state index contributed by atoms with van der Waals surface area (Å²) in [6, 6.07) is -0.354. The van der Waals surface area contributed by atoms with Gasteiger partial charge in [0.15, 0.2) is 0 Å². The third kappa shape index (κ3) is 3.07. The van der Waals surface area contributed by atoms with E-state index in [1.807, 2.05) is 6.92 Å². The summed E-state index contributed by atoms with van der Waals surface area (Å²) < 4.78 is 5.62. The van der Waals surface area contributed by atoms with Gasteiger partial charge >= 0.3 is 0 Å². The second-order valence-corrected chi connectivity index (χ2v) is 6.82. The van der Waals surface area contributed by atoms with Crippen molar-refractivity contribution in [3.05, 3.63) is 0 Å². The van der Waals surface area contributed by atoms with E-state index in [9.17, 15) is 9.59 Å². The van der Waals surface area contributed by atoms with Crippen LogP contribution in [0, 0.1) is 5.92 Å². The Labute approximate surface area is 126 Å². The van der Waals surface area contributed by atoms with Crippen LogP contribution in [0.1, 0.15) is 51.9 Å². The van der Waals surface area contributed by atoms with Gasteiger partial charge in [0.05, 0.1) is 0 Å². The lowest BCUT2D eigenvalue weighted by Gasteiger charge is -2.43. The van der Waals surface area contributed by atoms with E-state index in [-0.39, 0.29) is 17.9 Å². The Morgan fingerprint density at radius 1 is 1.29 bits per heavy atom. The van der Waals surface area contributed by atoms with E-state index in [0.717, 1.165) is 44.6 Å². The molecule has 5 heteroatoms. The first-order valence-electron chi connectivity index (χ1n) is 8.33. The Balaban J connectivity index is 1.53. The molecule has 1 N–H and O–H groups in total. The predicted octanol–water partition coefficient (Wildman–Crippen LogP) is 1.46. The zero-order valence-corrected chi connectivity index (χ0v) is 12.9. The van der Waals surface area contributed by atoms with E-state index in [4.69, 9.17) is 4.74 Å². The minimum Gasteiger partial charge on any atom is -0.381 e. The Hall–Kier alpha value is -1.10. The summed E-state index contributed by atoms with van der Waals surface area (Å²) >= 11 is 0. The SMILES string of the molecule is CC1C(=O)NC2(CCCC2)C(=O)N1CCCOCC1CC1. The highest BCUT2D eigenvalue weighted by atomic mass is 16.5. The van der Waals surface area contributed by atoms with Crippen molar-refractivity contribution in [2.45, 2.75) is 63.5 Å². The van der Waals surface area contributed by atoms with E-state index in [2.05, 4.69) is 5.32 Å². The van der Waals surface area contributed by atoms with Gasteiger partial charge in [0, 0.05) is 19.8 Å². The number of rotatable bonds is 6. The van der Waals surface area contributed by atoms with Crippen LogP contribution in [0.3, 0.4) is 0 Å². The highest BCUT2D eigenvalue weighted by Gasteiger charge is 2.50. The minimum absolute atomic E-state index is 0.00426. The van der Waals surface area contributed by atoms with Gasteiger partial charge in [0.1, 0.15) is 11.6 Å². The molecule has 1 spiro atoms. The highest BCUT2D eigenvalue weighted by molar-refractivity contribution is 5.99. The van der Waals surface area contributed by atoms with Crippen LogP contribution in [0.4, 0.5) is 0 Å². The van der Waals surface area contributed by atoms with Crippen molar-refractivity contribution in [3.63, 3.8) is 0 Å². The van der Waals surface area contributed by atoms with Crippen molar-refractivity contribution in [1.29, 1.82) is 0 Å². The molecule has 1 atom stereocenters.